The van der Waals surface area contributed by atoms with Crippen molar-refractivity contribution in [2.75, 3.05) is 7.11 Å². The lowest BCUT2D eigenvalue weighted by Crippen LogP contribution is -1.89. The summed E-state index contributed by atoms with van der Waals surface area (Å²) < 4.78 is 5.17. The molecule has 0 radical (unpaired) electrons. The SMILES string of the molecule is C=C([SiH3])c1ccccc1OC. The molecule has 0 saturated heterocycles. The van der Waals surface area contributed by atoms with Crippen molar-refractivity contribution in [3.63, 3.8) is 0 Å². The van der Waals surface area contributed by atoms with E-state index >= 15 is 0 Å². The van der Waals surface area contributed by atoms with Gasteiger partial charge in [-0.05, 0) is 6.07 Å². The minimum absolute atomic E-state index is 0.924. The maximum atomic E-state index is 5.17. The molecule has 0 aliphatic carbocycles. The van der Waals surface area contributed by atoms with Crippen LogP contribution in [0.2, 0.25) is 0 Å². The van der Waals surface area contributed by atoms with E-state index in [1.165, 1.54) is 5.20 Å². The quantitative estimate of drug-likeness (QED) is 0.593. The standard InChI is InChI=1S/C9H12OSi/c1-7(11)8-5-3-4-6-9(8)10-2/h3-6H,1H2,2,11H3. The molecule has 1 rings (SSSR count). The van der Waals surface area contributed by atoms with Crippen LogP contribution in [0.15, 0.2) is 30.8 Å². The first-order valence-electron chi connectivity index (χ1n) is 3.54. The van der Waals surface area contributed by atoms with Gasteiger partial charge in [0.2, 0.25) is 0 Å². The van der Waals surface area contributed by atoms with Crippen molar-refractivity contribution in [1.29, 1.82) is 0 Å². The molecular formula is C9H12OSi. The lowest BCUT2D eigenvalue weighted by molar-refractivity contribution is 0.414. The van der Waals surface area contributed by atoms with E-state index in [1.54, 1.807) is 7.11 Å². The zero-order chi connectivity index (χ0) is 8.27. The highest BCUT2D eigenvalue weighted by Crippen LogP contribution is 2.21. The molecule has 0 aromatic heterocycles. The summed E-state index contributed by atoms with van der Waals surface area (Å²) in [5.41, 5.74) is 1.14. The maximum Gasteiger partial charge on any atom is 0.125 e. The highest BCUT2D eigenvalue weighted by atomic mass is 28.1. The number of benzene rings is 1. The van der Waals surface area contributed by atoms with E-state index in [9.17, 15) is 0 Å². The average molecular weight is 164 g/mol. The van der Waals surface area contributed by atoms with Crippen molar-refractivity contribution >= 4 is 15.4 Å². The molecular weight excluding hydrogens is 152 g/mol. The predicted octanol–water partition coefficient (Wildman–Crippen LogP) is 1.03. The Bertz CT molecular complexity index is 268. The summed E-state index contributed by atoms with van der Waals surface area (Å²) in [6, 6.07) is 7.96. The summed E-state index contributed by atoms with van der Waals surface area (Å²) >= 11 is 0. The van der Waals surface area contributed by atoms with Gasteiger partial charge in [-0.15, -0.1) is 6.58 Å². The van der Waals surface area contributed by atoms with E-state index in [1.807, 2.05) is 24.3 Å². The summed E-state index contributed by atoms with van der Waals surface area (Å²) in [5, 5.41) is 1.17. The molecule has 58 valence electrons. The molecule has 0 bridgehead atoms. The molecule has 1 aromatic carbocycles. The second-order valence-corrected chi connectivity index (χ2v) is 3.69. The Morgan fingerprint density at radius 2 is 2.09 bits per heavy atom. The summed E-state index contributed by atoms with van der Waals surface area (Å²) in [6.45, 7) is 3.92. The normalized spacial score (nSPS) is 9.55. The smallest absolute Gasteiger partial charge is 0.125 e. The van der Waals surface area contributed by atoms with Crippen LogP contribution in [0.25, 0.3) is 5.20 Å². The van der Waals surface area contributed by atoms with Crippen LogP contribution >= 0.6 is 0 Å². The maximum absolute atomic E-state index is 5.17. The summed E-state index contributed by atoms with van der Waals surface area (Å²) in [5.74, 6) is 0.924. The van der Waals surface area contributed by atoms with E-state index in [-0.39, 0.29) is 0 Å². The number of rotatable bonds is 2. The average Bonchev–Trinajstić information content (AvgIpc) is 2.04. The first-order chi connectivity index (χ1) is 5.25. The van der Waals surface area contributed by atoms with Gasteiger partial charge in [0.05, 0.1) is 7.11 Å². The lowest BCUT2D eigenvalue weighted by Gasteiger charge is -2.06. The monoisotopic (exact) mass is 164 g/mol. The van der Waals surface area contributed by atoms with E-state index in [4.69, 9.17) is 4.74 Å². The summed E-state index contributed by atoms with van der Waals surface area (Å²) in [6.07, 6.45) is 0. The molecule has 1 nitrogen and oxygen atoms in total. The van der Waals surface area contributed by atoms with Gasteiger partial charge in [-0.2, -0.15) is 0 Å². The van der Waals surface area contributed by atoms with Gasteiger partial charge >= 0.3 is 0 Å². The van der Waals surface area contributed by atoms with E-state index < -0.39 is 0 Å². The zero-order valence-electron chi connectivity index (χ0n) is 6.92. The van der Waals surface area contributed by atoms with Gasteiger partial charge in [0.15, 0.2) is 0 Å². The Hall–Kier alpha value is -1.02. The van der Waals surface area contributed by atoms with Crippen LogP contribution in [0.5, 0.6) is 5.75 Å². The second-order valence-electron chi connectivity index (χ2n) is 2.48. The Morgan fingerprint density at radius 3 is 2.55 bits per heavy atom. The van der Waals surface area contributed by atoms with Crippen LogP contribution in [0.1, 0.15) is 5.56 Å². The van der Waals surface area contributed by atoms with Crippen molar-refractivity contribution < 1.29 is 4.74 Å². The molecule has 2 heteroatoms. The van der Waals surface area contributed by atoms with Crippen molar-refractivity contribution in [1.82, 2.24) is 0 Å². The van der Waals surface area contributed by atoms with E-state index in [2.05, 4.69) is 6.58 Å². The van der Waals surface area contributed by atoms with Crippen LogP contribution in [0.3, 0.4) is 0 Å². The van der Waals surface area contributed by atoms with Gasteiger partial charge in [-0.25, -0.2) is 0 Å². The van der Waals surface area contributed by atoms with Gasteiger partial charge in [0.25, 0.3) is 0 Å². The molecule has 0 spiro atoms. The fourth-order valence-electron chi connectivity index (χ4n) is 0.997. The number of hydrogen-bond donors (Lipinski definition) is 0. The molecule has 11 heavy (non-hydrogen) atoms. The topological polar surface area (TPSA) is 9.23 Å². The van der Waals surface area contributed by atoms with Crippen molar-refractivity contribution in [2.24, 2.45) is 0 Å². The van der Waals surface area contributed by atoms with Gasteiger partial charge in [-0.3, -0.25) is 0 Å². The highest BCUT2D eigenvalue weighted by Gasteiger charge is 1.99. The minimum Gasteiger partial charge on any atom is -0.496 e. The first kappa shape index (κ1) is 8.08. The van der Waals surface area contributed by atoms with Crippen LogP contribution < -0.4 is 4.74 Å². The van der Waals surface area contributed by atoms with Crippen LogP contribution in [0.4, 0.5) is 0 Å². The molecule has 0 unspecified atom stereocenters. The van der Waals surface area contributed by atoms with Gasteiger partial charge < -0.3 is 4.74 Å². The van der Waals surface area contributed by atoms with E-state index in [0.717, 1.165) is 21.6 Å². The largest absolute Gasteiger partial charge is 0.496 e. The minimum atomic E-state index is 0.924. The molecule has 0 atom stereocenters. The third-order valence-corrected chi connectivity index (χ3v) is 2.11. The number of para-hydroxylation sites is 1. The van der Waals surface area contributed by atoms with Gasteiger partial charge in [0.1, 0.15) is 5.75 Å². The second kappa shape index (κ2) is 3.39. The van der Waals surface area contributed by atoms with Crippen LogP contribution in [0, 0.1) is 0 Å². The number of hydrogen-bond acceptors (Lipinski definition) is 1. The Balaban J connectivity index is 3.12. The Morgan fingerprint density at radius 1 is 1.45 bits per heavy atom. The van der Waals surface area contributed by atoms with Crippen LogP contribution in [-0.2, 0) is 0 Å². The van der Waals surface area contributed by atoms with Crippen molar-refractivity contribution in [3.8, 4) is 5.75 Å². The zero-order valence-corrected chi connectivity index (χ0v) is 8.92. The fourth-order valence-corrected chi connectivity index (χ4v) is 1.41. The Labute approximate surface area is 70.1 Å². The lowest BCUT2D eigenvalue weighted by atomic mass is 10.2. The molecule has 0 heterocycles. The molecule has 0 saturated carbocycles. The predicted molar refractivity (Wildman–Crippen MR) is 52.0 cm³/mol. The van der Waals surface area contributed by atoms with Crippen molar-refractivity contribution in [2.45, 2.75) is 0 Å². The molecule has 0 aliphatic heterocycles. The molecule has 0 aliphatic rings. The van der Waals surface area contributed by atoms with E-state index in [0.29, 0.717) is 0 Å². The van der Waals surface area contributed by atoms with Crippen LogP contribution in [-0.4, -0.2) is 17.4 Å². The number of ether oxygens (including phenoxy) is 1. The third kappa shape index (κ3) is 1.71. The number of methoxy groups -OCH3 is 1. The fraction of sp³-hybridized carbons (Fsp3) is 0.111. The molecule has 0 N–H and O–H groups in total. The molecule has 0 fully saturated rings. The molecule has 1 aromatic rings. The highest BCUT2D eigenvalue weighted by molar-refractivity contribution is 6.42. The van der Waals surface area contributed by atoms with Gasteiger partial charge in [0, 0.05) is 15.8 Å². The van der Waals surface area contributed by atoms with Crippen molar-refractivity contribution in [3.05, 3.63) is 36.4 Å². The Kier molecular flexibility index (Phi) is 2.49. The first-order valence-corrected chi connectivity index (χ1v) is 4.54. The summed E-state index contributed by atoms with van der Waals surface area (Å²) in [7, 11) is 2.67. The summed E-state index contributed by atoms with van der Waals surface area (Å²) in [4.78, 5) is 0. The molecule has 0 amide bonds. The third-order valence-electron chi connectivity index (χ3n) is 1.57. The van der Waals surface area contributed by atoms with Gasteiger partial charge in [-0.1, -0.05) is 23.4 Å².